The monoisotopic (exact) mass is 536 g/mol. The highest BCUT2D eigenvalue weighted by molar-refractivity contribution is 5.69. The first kappa shape index (κ1) is 37.2. The Morgan fingerprint density at radius 3 is 1.34 bits per heavy atom. The molecule has 0 radical (unpaired) electrons. The molecule has 0 heterocycles. The fourth-order valence-corrected chi connectivity index (χ4v) is 5.20. The summed E-state index contributed by atoms with van der Waals surface area (Å²) in [6.45, 7) is 5.01. The van der Waals surface area contributed by atoms with Gasteiger partial charge in [-0.15, -0.1) is 0 Å². The predicted octanol–water partition coefficient (Wildman–Crippen LogP) is 11.4. The maximum Gasteiger partial charge on any atom is 0.306 e. The van der Waals surface area contributed by atoms with Gasteiger partial charge in [0.05, 0.1) is 0 Å². The number of esters is 1. The molecule has 0 spiro atoms. The lowest BCUT2D eigenvalue weighted by molar-refractivity contribution is -0.149. The smallest absolute Gasteiger partial charge is 0.306 e. The van der Waals surface area contributed by atoms with Gasteiger partial charge in [-0.1, -0.05) is 154 Å². The van der Waals surface area contributed by atoms with Crippen molar-refractivity contribution in [3.8, 4) is 0 Å². The molecular weight excluding hydrogens is 466 g/mol. The fourth-order valence-electron chi connectivity index (χ4n) is 5.20. The number of rotatable bonds is 31. The first-order valence-electron chi connectivity index (χ1n) is 17.3. The van der Waals surface area contributed by atoms with E-state index in [1.807, 2.05) is 0 Å². The Balaban J connectivity index is 3.45. The molecule has 0 aromatic heterocycles. The summed E-state index contributed by atoms with van der Waals surface area (Å²) in [6, 6.07) is 0. The first-order valence-corrected chi connectivity index (χ1v) is 17.3. The highest BCUT2D eigenvalue weighted by atomic mass is 16.5. The molecule has 38 heavy (non-hydrogen) atoms. The van der Waals surface area contributed by atoms with E-state index in [0.717, 1.165) is 25.7 Å². The summed E-state index contributed by atoms with van der Waals surface area (Å²) in [5.41, 5.74) is 5.87. The van der Waals surface area contributed by atoms with Crippen LogP contribution in [0.5, 0.6) is 0 Å². The zero-order chi connectivity index (χ0) is 27.8. The molecule has 0 amide bonds. The Bertz CT molecular complexity index is 490. The number of unbranched alkanes of at least 4 members (excludes halogenated alkanes) is 23. The average Bonchev–Trinajstić information content (AvgIpc) is 2.92. The summed E-state index contributed by atoms with van der Waals surface area (Å²) >= 11 is 0. The van der Waals surface area contributed by atoms with Crippen molar-refractivity contribution in [2.45, 2.75) is 200 Å². The van der Waals surface area contributed by atoms with Crippen LogP contribution >= 0.6 is 0 Å². The van der Waals surface area contributed by atoms with Gasteiger partial charge in [-0.2, -0.15) is 0 Å². The second kappa shape index (κ2) is 32.4. The molecule has 0 rings (SSSR count). The molecule has 3 nitrogen and oxygen atoms in total. The topological polar surface area (TPSA) is 52.3 Å². The lowest BCUT2D eigenvalue weighted by atomic mass is 10.0. The third-order valence-corrected chi connectivity index (χ3v) is 7.83. The second-order valence-electron chi connectivity index (χ2n) is 11.7. The van der Waals surface area contributed by atoms with Crippen molar-refractivity contribution in [3.05, 3.63) is 12.2 Å². The third-order valence-electron chi connectivity index (χ3n) is 7.83. The van der Waals surface area contributed by atoms with Crippen molar-refractivity contribution in [2.75, 3.05) is 6.54 Å². The minimum atomic E-state index is -0.0849. The van der Waals surface area contributed by atoms with Crippen LogP contribution in [0.2, 0.25) is 0 Å². The Hall–Kier alpha value is -0.830. The highest BCUT2D eigenvalue weighted by Crippen LogP contribution is 2.15. The van der Waals surface area contributed by atoms with Crippen LogP contribution in [0.25, 0.3) is 0 Å². The molecule has 0 bridgehead atoms. The zero-order valence-electron chi connectivity index (χ0n) is 26.1. The number of nitrogens with two attached hydrogens (primary N) is 1. The summed E-state index contributed by atoms with van der Waals surface area (Å²) in [6.07, 6.45) is 40.3. The van der Waals surface area contributed by atoms with E-state index < -0.39 is 0 Å². The van der Waals surface area contributed by atoms with Crippen LogP contribution in [0.1, 0.15) is 194 Å². The lowest BCUT2D eigenvalue weighted by Gasteiger charge is -2.16. The average molecular weight is 536 g/mol. The number of ether oxygens (including phenoxy) is 1. The number of carbonyl (C=O) groups excluding carboxylic acids is 1. The molecule has 0 aliphatic carbocycles. The van der Waals surface area contributed by atoms with Crippen LogP contribution in [-0.4, -0.2) is 18.6 Å². The highest BCUT2D eigenvalue weighted by Gasteiger charge is 2.12. The maximum absolute atomic E-state index is 12.2. The molecule has 226 valence electrons. The van der Waals surface area contributed by atoms with Crippen LogP contribution in [0.4, 0.5) is 0 Å². The number of hydrogen-bond donors (Lipinski definition) is 1. The summed E-state index contributed by atoms with van der Waals surface area (Å²) in [5, 5.41) is 0. The molecule has 3 heteroatoms. The largest absolute Gasteiger partial charge is 0.461 e. The summed E-state index contributed by atoms with van der Waals surface area (Å²) in [7, 11) is 0. The van der Waals surface area contributed by atoms with Gasteiger partial charge in [-0.3, -0.25) is 4.79 Å². The van der Waals surface area contributed by atoms with E-state index >= 15 is 0 Å². The number of hydrogen-bond acceptors (Lipinski definition) is 3. The van der Waals surface area contributed by atoms with Gasteiger partial charge in [0.1, 0.15) is 6.10 Å². The SMILES string of the molecule is CCCCCCCCC=CCCCCCCCC(=O)OC(CN)CCCCCCCCCCCCCCC. The van der Waals surface area contributed by atoms with Gasteiger partial charge >= 0.3 is 5.97 Å². The van der Waals surface area contributed by atoms with Crippen LogP contribution < -0.4 is 5.73 Å². The maximum atomic E-state index is 12.2. The lowest BCUT2D eigenvalue weighted by Crippen LogP contribution is -2.26. The van der Waals surface area contributed by atoms with Crippen LogP contribution in [0, 0.1) is 0 Å². The van der Waals surface area contributed by atoms with Crippen molar-refractivity contribution < 1.29 is 9.53 Å². The van der Waals surface area contributed by atoms with Crippen molar-refractivity contribution in [1.82, 2.24) is 0 Å². The molecule has 0 saturated carbocycles. The summed E-state index contributed by atoms with van der Waals surface area (Å²) in [4.78, 5) is 12.2. The second-order valence-corrected chi connectivity index (χ2v) is 11.7. The van der Waals surface area contributed by atoms with Crippen LogP contribution in [-0.2, 0) is 9.53 Å². The number of allylic oxidation sites excluding steroid dienone is 2. The molecule has 2 N–H and O–H groups in total. The minimum absolute atomic E-state index is 0.0484. The Morgan fingerprint density at radius 1 is 0.553 bits per heavy atom. The normalized spacial score (nSPS) is 12.4. The van der Waals surface area contributed by atoms with E-state index in [0.29, 0.717) is 13.0 Å². The van der Waals surface area contributed by atoms with E-state index in [9.17, 15) is 4.79 Å². The predicted molar refractivity (Wildman–Crippen MR) is 169 cm³/mol. The van der Waals surface area contributed by atoms with Crippen LogP contribution in [0.3, 0.4) is 0 Å². The van der Waals surface area contributed by atoms with Gasteiger partial charge in [-0.05, 0) is 44.9 Å². The molecular formula is C35H69NO2. The Kier molecular flexibility index (Phi) is 31.7. The third kappa shape index (κ3) is 29.7. The van der Waals surface area contributed by atoms with Gasteiger partial charge < -0.3 is 10.5 Å². The fraction of sp³-hybridized carbons (Fsp3) is 0.914. The van der Waals surface area contributed by atoms with E-state index in [1.54, 1.807) is 0 Å². The van der Waals surface area contributed by atoms with E-state index in [2.05, 4.69) is 26.0 Å². The van der Waals surface area contributed by atoms with Crippen molar-refractivity contribution in [1.29, 1.82) is 0 Å². The molecule has 0 aromatic carbocycles. The molecule has 1 unspecified atom stereocenters. The number of carbonyl (C=O) groups is 1. The van der Waals surface area contributed by atoms with Crippen molar-refractivity contribution in [3.63, 3.8) is 0 Å². The van der Waals surface area contributed by atoms with E-state index in [4.69, 9.17) is 10.5 Å². The van der Waals surface area contributed by atoms with Gasteiger partial charge in [0, 0.05) is 13.0 Å². The molecule has 0 fully saturated rings. The van der Waals surface area contributed by atoms with Gasteiger partial charge in [-0.25, -0.2) is 0 Å². The quantitative estimate of drug-likeness (QED) is 0.0545. The van der Waals surface area contributed by atoms with Crippen LogP contribution in [0.15, 0.2) is 12.2 Å². The van der Waals surface area contributed by atoms with E-state index in [1.165, 1.54) is 148 Å². The van der Waals surface area contributed by atoms with E-state index in [-0.39, 0.29) is 12.1 Å². The van der Waals surface area contributed by atoms with Gasteiger partial charge in [0.15, 0.2) is 0 Å². The van der Waals surface area contributed by atoms with Crippen molar-refractivity contribution >= 4 is 5.97 Å². The molecule has 0 saturated heterocycles. The Labute approximate surface area is 239 Å². The van der Waals surface area contributed by atoms with Crippen molar-refractivity contribution in [2.24, 2.45) is 5.73 Å². The zero-order valence-corrected chi connectivity index (χ0v) is 26.1. The van der Waals surface area contributed by atoms with Gasteiger partial charge in [0.2, 0.25) is 0 Å². The van der Waals surface area contributed by atoms with Gasteiger partial charge in [0.25, 0.3) is 0 Å². The Morgan fingerprint density at radius 2 is 0.921 bits per heavy atom. The summed E-state index contributed by atoms with van der Waals surface area (Å²) in [5.74, 6) is -0.0484. The minimum Gasteiger partial charge on any atom is -0.461 e. The first-order chi connectivity index (χ1) is 18.7. The summed E-state index contributed by atoms with van der Waals surface area (Å²) < 4.78 is 5.65. The molecule has 1 atom stereocenters. The molecule has 0 aliphatic rings. The molecule has 0 aromatic rings. The molecule has 0 aliphatic heterocycles. The standard InChI is InChI=1S/C35H69NO2/c1-3-5-7-9-11-13-15-17-18-20-22-24-26-28-30-32-35(37)38-34(33-36)31-29-27-25-23-21-19-16-14-12-10-8-6-4-2/h17-18,34H,3-16,19-33,36H2,1-2H3.